The first kappa shape index (κ1) is 19.3. The van der Waals surface area contributed by atoms with Crippen LogP contribution in [0.5, 0.6) is 0 Å². The van der Waals surface area contributed by atoms with E-state index in [2.05, 4.69) is 26.1 Å². The lowest BCUT2D eigenvalue weighted by atomic mass is 10.2. The van der Waals surface area contributed by atoms with Gasteiger partial charge in [-0.05, 0) is 42.8 Å². The van der Waals surface area contributed by atoms with E-state index in [9.17, 15) is 9.59 Å². The Bertz CT molecular complexity index is 1270. The molecule has 0 spiro atoms. The zero-order valence-corrected chi connectivity index (χ0v) is 17.4. The second kappa shape index (κ2) is 8.16. The van der Waals surface area contributed by atoms with Gasteiger partial charge < -0.3 is 4.52 Å². The Labute approximate surface area is 174 Å². The summed E-state index contributed by atoms with van der Waals surface area (Å²) >= 11 is 3.40. The molecule has 0 radical (unpaired) electrons. The summed E-state index contributed by atoms with van der Waals surface area (Å²) in [4.78, 5) is 30.3. The van der Waals surface area contributed by atoms with Gasteiger partial charge in [0.05, 0.1) is 10.9 Å². The number of aromatic nitrogens is 4. The van der Waals surface area contributed by atoms with Gasteiger partial charge in [-0.2, -0.15) is 4.98 Å². The molecule has 0 saturated heterocycles. The normalized spacial score (nSPS) is 11.2. The number of hydrogen-bond acceptors (Lipinski definition) is 5. The van der Waals surface area contributed by atoms with E-state index in [1.165, 1.54) is 9.13 Å². The van der Waals surface area contributed by atoms with Gasteiger partial charge in [0, 0.05) is 16.6 Å². The fourth-order valence-electron chi connectivity index (χ4n) is 3.21. The Kier molecular flexibility index (Phi) is 5.44. The van der Waals surface area contributed by atoms with Crippen LogP contribution in [0.1, 0.15) is 25.7 Å². The van der Waals surface area contributed by atoms with E-state index in [1.54, 1.807) is 24.3 Å². The van der Waals surface area contributed by atoms with Gasteiger partial charge >= 0.3 is 5.69 Å². The Morgan fingerprint density at radius 2 is 1.79 bits per heavy atom. The molecule has 2 aromatic heterocycles. The standard InChI is InChI=1S/C21H19BrN4O3/c1-2-3-12-25-20(27)16-6-4-5-7-17(16)26(21(25)28)13-18-23-19(24-29-18)14-8-10-15(22)11-9-14/h4-11H,2-3,12-13H2,1H3. The maximum Gasteiger partial charge on any atom is 0.331 e. The van der Waals surface area contributed by atoms with Gasteiger partial charge in [-0.1, -0.05) is 46.6 Å². The summed E-state index contributed by atoms with van der Waals surface area (Å²) in [6.45, 7) is 2.49. The number of unbranched alkanes of at least 4 members (excludes halogenated alkanes) is 1. The van der Waals surface area contributed by atoms with E-state index >= 15 is 0 Å². The van der Waals surface area contributed by atoms with Crippen LogP contribution in [0.15, 0.2) is 67.1 Å². The second-order valence-corrected chi connectivity index (χ2v) is 7.63. The van der Waals surface area contributed by atoms with Crippen molar-refractivity contribution in [3.8, 4) is 11.4 Å². The largest absolute Gasteiger partial charge is 0.337 e. The topological polar surface area (TPSA) is 82.9 Å². The summed E-state index contributed by atoms with van der Waals surface area (Å²) in [7, 11) is 0. The maximum absolute atomic E-state index is 13.1. The predicted molar refractivity (Wildman–Crippen MR) is 114 cm³/mol. The van der Waals surface area contributed by atoms with Gasteiger partial charge in [-0.25, -0.2) is 4.79 Å². The fraction of sp³-hybridized carbons (Fsp3) is 0.238. The number of rotatable bonds is 6. The third-order valence-electron chi connectivity index (χ3n) is 4.73. The van der Waals surface area contributed by atoms with Gasteiger partial charge in [0.15, 0.2) is 0 Å². The molecule has 0 amide bonds. The molecule has 0 bridgehead atoms. The van der Waals surface area contributed by atoms with Crippen molar-refractivity contribution in [1.82, 2.24) is 19.3 Å². The molecule has 148 valence electrons. The molecule has 29 heavy (non-hydrogen) atoms. The molecule has 0 aliphatic carbocycles. The summed E-state index contributed by atoms with van der Waals surface area (Å²) in [5.41, 5.74) is 0.730. The van der Waals surface area contributed by atoms with E-state index in [-0.39, 0.29) is 17.8 Å². The van der Waals surface area contributed by atoms with Crippen LogP contribution < -0.4 is 11.2 Å². The van der Waals surface area contributed by atoms with Gasteiger partial charge in [0.2, 0.25) is 11.7 Å². The third-order valence-corrected chi connectivity index (χ3v) is 5.26. The Morgan fingerprint density at radius 3 is 2.55 bits per heavy atom. The lowest BCUT2D eigenvalue weighted by molar-refractivity contribution is 0.369. The second-order valence-electron chi connectivity index (χ2n) is 6.71. The highest BCUT2D eigenvalue weighted by Gasteiger charge is 2.16. The highest BCUT2D eigenvalue weighted by atomic mass is 79.9. The smallest absolute Gasteiger partial charge is 0.331 e. The van der Waals surface area contributed by atoms with Crippen LogP contribution in [0.4, 0.5) is 0 Å². The quantitative estimate of drug-likeness (QED) is 0.442. The van der Waals surface area contributed by atoms with Crippen LogP contribution in [-0.2, 0) is 13.1 Å². The van der Waals surface area contributed by atoms with Crippen molar-refractivity contribution in [3.05, 3.63) is 79.7 Å². The molecule has 2 aromatic carbocycles. The first-order valence-corrected chi connectivity index (χ1v) is 10.2. The highest BCUT2D eigenvalue weighted by molar-refractivity contribution is 9.10. The van der Waals surface area contributed by atoms with Crippen LogP contribution in [0.25, 0.3) is 22.3 Å². The Hall–Kier alpha value is -3.00. The van der Waals surface area contributed by atoms with Crippen LogP contribution in [-0.4, -0.2) is 19.3 Å². The molecule has 0 aliphatic heterocycles. The summed E-state index contributed by atoms with van der Waals surface area (Å²) in [5.74, 6) is 0.750. The first-order valence-electron chi connectivity index (χ1n) is 9.39. The van der Waals surface area contributed by atoms with Gasteiger partial charge in [-0.3, -0.25) is 13.9 Å². The van der Waals surface area contributed by atoms with Crippen LogP contribution in [0, 0.1) is 0 Å². The van der Waals surface area contributed by atoms with E-state index in [4.69, 9.17) is 4.52 Å². The molecule has 0 aliphatic rings. The Balaban J connectivity index is 1.77. The molecular formula is C21H19BrN4O3. The van der Waals surface area contributed by atoms with Crippen LogP contribution in [0.2, 0.25) is 0 Å². The Morgan fingerprint density at radius 1 is 1.03 bits per heavy atom. The predicted octanol–water partition coefficient (Wildman–Crippen LogP) is 3.82. The molecule has 2 heterocycles. The number of fused-ring (bicyclic) bond motifs is 1. The SMILES string of the molecule is CCCCn1c(=O)c2ccccc2n(Cc2nc(-c3ccc(Br)cc3)no2)c1=O. The average Bonchev–Trinajstić information content (AvgIpc) is 3.20. The minimum atomic E-state index is -0.370. The first-order chi connectivity index (χ1) is 14.1. The molecule has 0 N–H and O–H groups in total. The number of halogens is 1. The van der Waals surface area contributed by atoms with E-state index < -0.39 is 0 Å². The highest BCUT2D eigenvalue weighted by Crippen LogP contribution is 2.19. The van der Waals surface area contributed by atoms with Gasteiger partial charge in [-0.15, -0.1) is 0 Å². The van der Waals surface area contributed by atoms with Crippen molar-refractivity contribution in [2.75, 3.05) is 0 Å². The lowest BCUT2D eigenvalue weighted by Gasteiger charge is -2.12. The third kappa shape index (κ3) is 3.80. The monoisotopic (exact) mass is 454 g/mol. The van der Waals surface area contributed by atoms with E-state index in [0.717, 1.165) is 22.9 Å². The minimum Gasteiger partial charge on any atom is -0.337 e. The number of nitrogens with zero attached hydrogens (tertiary/aromatic N) is 4. The summed E-state index contributed by atoms with van der Waals surface area (Å²) in [5, 5.41) is 4.52. The average molecular weight is 455 g/mol. The summed E-state index contributed by atoms with van der Waals surface area (Å²) < 4.78 is 9.15. The number of para-hydroxylation sites is 1. The molecule has 4 aromatic rings. The molecular weight excluding hydrogens is 436 g/mol. The molecule has 7 nitrogen and oxygen atoms in total. The molecule has 0 fully saturated rings. The maximum atomic E-state index is 13.1. The van der Waals surface area contributed by atoms with Crippen molar-refractivity contribution >= 4 is 26.8 Å². The molecule has 4 rings (SSSR count). The molecule has 0 saturated carbocycles. The number of benzene rings is 2. The minimum absolute atomic E-state index is 0.0925. The van der Waals surface area contributed by atoms with Gasteiger partial charge in [0.25, 0.3) is 5.56 Å². The van der Waals surface area contributed by atoms with Crippen molar-refractivity contribution in [2.45, 2.75) is 32.9 Å². The van der Waals surface area contributed by atoms with E-state index in [1.807, 2.05) is 31.2 Å². The molecule has 0 unspecified atom stereocenters. The zero-order chi connectivity index (χ0) is 20.4. The zero-order valence-electron chi connectivity index (χ0n) is 15.8. The fourth-order valence-corrected chi connectivity index (χ4v) is 3.47. The molecule has 0 atom stereocenters. The van der Waals surface area contributed by atoms with Crippen molar-refractivity contribution in [1.29, 1.82) is 0 Å². The number of hydrogen-bond donors (Lipinski definition) is 0. The van der Waals surface area contributed by atoms with Gasteiger partial charge in [0.1, 0.15) is 6.54 Å². The van der Waals surface area contributed by atoms with Crippen molar-refractivity contribution in [2.24, 2.45) is 0 Å². The van der Waals surface area contributed by atoms with E-state index in [0.29, 0.717) is 29.2 Å². The van der Waals surface area contributed by atoms with Crippen LogP contribution in [0.3, 0.4) is 0 Å². The van der Waals surface area contributed by atoms with Crippen molar-refractivity contribution in [3.63, 3.8) is 0 Å². The summed E-state index contributed by atoms with van der Waals surface area (Å²) in [6.07, 6.45) is 1.64. The lowest BCUT2D eigenvalue weighted by Crippen LogP contribution is -2.40. The summed E-state index contributed by atoms with van der Waals surface area (Å²) in [6, 6.07) is 14.6. The van der Waals surface area contributed by atoms with Crippen LogP contribution >= 0.6 is 15.9 Å². The molecule has 8 heteroatoms. The van der Waals surface area contributed by atoms with Crippen molar-refractivity contribution < 1.29 is 4.52 Å².